The molecule has 4 fully saturated rings. The molecule has 4 aliphatic carbocycles. The van der Waals surface area contributed by atoms with Gasteiger partial charge in [0.25, 0.3) is 0 Å². The summed E-state index contributed by atoms with van der Waals surface area (Å²) in [6.07, 6.45) is 11.0. The van der Waals surface area contributed by atoms with Gasteiger partial charge in [0, 0.05) is 12.6 Å². The summed E-state index contributed by atoms with van der Waals surface area (Å²) in [6.45, 7) is 1.18. The summed E-state index contributed by atoms with van der Waals surface area (Å²) < 4.78 is 0. The second-order valence-corrected chi connectivity index (χ2v) is 10.1. The second-order valence-electron chi connectivity index (χ2n) is 10.1. The SMILES string of the molecule is NCCCNC(=O)/C=C/c1ccc(C(=C2C3CC4CC(C3)CC2C4)c2ccc(O)cc2)cc1. The molecule has 0 radical (unpaired) electrons. The number of carbonyl (C=O) groups is 1. The lowest BCUT2D eigenvalue weighted by atomic mass is 9.53. The first kappa shape index (κ1) is 22.0. The van der Waals surface area contributed by atoms with Gasteiger partial charge in [-0.25, -0.2) is 0 Å². The molecule has 2 aromatic carbocycles. The van der Waals surface area contributed by atoms with Crippen molar-refractivity contribution in [2.75, 3.05) is 13.1 Å². The predicted octanol–water partition coefficient (Wildman–Crippen LogP) is 5.13. The van der Waals surface area contributed by atoms with E-state index < -0.39 is 0 Å². The number of carbonyl (C=O) groups excluding carboxylic acids is 1. The third kappa shape index (κ3) is 4.77. The topological polar surface area (TPSA) is 75.3 Å². The van der Waals surface area contributed by atoms with E-state index in [2.05, 4.69) is 41.7 Å². The number of benzene rings is 2. The molecule has 172 valence electrons. The average Bonchev–Trinajstić information content (AvgIpc) is 2.81. The highest BCUT2D eigenvalue weighted by Gasteiger charge is 2.46. The zero-order chi connectivity index (χ0) is 22.8. The van der Waals surface area contributed by atoms with Gasteiger partial charge in [-0.15, -0.1) is 0 Å². The molecule has 4 N–H and O–H groups in total. The first-order valence-electron chi connectivity index (χ1n) is 12.4. The smallest absolute Gasteiger partial charge is 0.243 e. The van der Waals surface area contributed by atoms with Crippen LogP contribution in [0, 0.1) is 23.7 Å². The molecule has 0 heterocycles. The van der Waals surface area contributed by atoms with Crippen LogP contribution >= 0.6 is 0 Å². The maximum atomic E-state index is 12.0. The number of nitrogens with one attached hydrogen (secondary N) is 1. The van der Waals surface area contributed by atoms with Crippen LogP contribution in [0.25, 0.3) is 11.6 Å². The van der Waals surface area contributed by atoms with Crippen molar-refractivity contribution in [2.24, 2.45) is 29.4 Å². The van der Waals surface area contributed by atoms with Gasteiger partial charge in [0.05, 0.1) is 0 Å². The molecule has 4 aliphatic rings. The van der Waals surface area contributed by atoms with Crippen LogP contribution in [-0.4, -0.2) is 24.1 Å². The molecule has 33 heavy (non-hydrogen) atoms. The third-order valence-electron chi connectivity index (χ3n) is 7.77. The molecule has 2 aromatic rings. The molecule has 4 saturated carbocycles. The number of phenols is 1. The van der Waals surface area contributed by atoms with Crippen molar-refractivity contribution in [1.82, 2.24) is 5.32 Å². The van der Waals surface area contributed by atoms with Crippen LogP contribution < -0.4 is 11.1 Å². The van der Waals surface area contributed by atoms with Crippen molar-refractivity contribution in [3.05, 3.63) is 76.9 Å². The molecule has 4 heteroatoms. The van der Waals surface area contributed by atoms with E-state index in [9.17, 15) is 9.90 Å². The van der Waals surface area contributed by atoms with E-state index in [0.717, 1.165) is 23.8 Å². The lowest BCUT2D eigenvalue weighted by molar-refractivity contribution is -0.116. The summed E-state index contributed by atoms with van der Waals surface area (Å²) in [4.78, 5) is 12.0. The van der Waals surface area contributed by atoms with Crippen LogP contribution in [0.1, 0.15) is 55.2 Å². The second kappa shape index (κ2) is 9.56. The Balaban J connectivity index is 1.44. The van der Waals surface area contributed by atoms with Crippen molar-refractivity contribution in [1.29, 1.82) is 0 Å². The molecule has 0 aromatic heterocycles. The maximum absolute atomic E-state index is 12.0. The van der Waals surface area contributed by atoms with Gasteiger partial charge >= 0.3 is 0 Å². The van der Waals surface area contributed by atoms with Crippen molar-refractivity contribution in [3.8, 4) is 5.75 Å². The third-order valence-corrected chi connectivity index (χ3v) is 7.77. The summed E-state index contributed by atoms with van der Waals surface area (Å²) in [5.74, 6) is 3.44. The number of aromatic hydroxyl groups is 1. The molecule has 0 atom stereocenters. The monoisotopic (exact) mass is 442 g/mol. The quantitative estimate of drug-likeness (QED) is 0.411. The summed E-state index contributed by atoms with van der Waals surface area (Å²) >= 11 is 0. The number of rotatable bonds is 7. The van der Waals surface area contributed by atoms with Gasteiger partial charge < -0.3 is 16.2 Å². The Labute approximate surface area is 196 Å². The fourth-order valence-corrected chi connectivity index (χ4v) is 6.53. The minimum atomic E-state index is -0.0898. The highest BCUT2D eigenvalue weighted by atomic mass is 16.3. The minimum absolute atomic E-state index is 0.0898. The lowest BCUT2D eigenvalue weighted by Crippen LogP contribution is -2.40. The zero-order valence-electron chi connectivity index (χ0n) is 19.2. The van der Waals surface area contributed by atoms with Crippen molar-refractivity contribution in [2.45, 2.75) is 38.5 Å². The first-order valence-corrected chi connectivity index (χ1v) is 12.4. The first-order chi connectivity index (χ1) is 16.1. The van der Waals surface area contributed by atoms with Gasteiger partial charge in [-0.05, 0) is 109 Å². The Hall–Kier alpha value is -2.85. The van der Waals surface area contributed by atoms with Crippen molar-refractivity contribution in [3.63, 3.8) is 0 Å². The van der Waals surface area contributed by atoms with Crippen LogP contribution in [0.5, 0.6) is 5.75 Å². The van der Waals surface area contributed by atoms with Crippen LogP contribution in [0.2, 0.25) is 0 Å². The van der Waals surface area contributed by atoms with E-state index >= 15 is 0 Å². The van der Waals surface area contributed by atoms with Gasteiger partial charge in [0.1, 0.15) is 5.75 Å². The number of hydrogen-bond donors (Lipinski definition) is 3. The van der Waals surface area contributed by atoms with E-state index in [4.69, 9.17) is 5.73 Å². The molecular weight excluding hydrogens is 408 g/mol. The van der Waals surface area contributed by atoms with Crippen LogP contribution in [-0.2, 0) is 4.79 Å². The Morgan fingerprint density at radius 3 is 2.06 bits per heavy atom. The summed E-state index contributed by atoms with van der Waals surface area (Å²) in [6, 6.07) is 16.3. The van der Waals surface area contributed by atoms with Crippen LogP contribution in [0.3, 0.4) is 0 Å². The van der Waals surface area contributed by atoms with Crippen LogP contribution in [0.4, 0.5) is 0 Å². The molecule has 0 unspecified atom stereocenters. The molecule has 4 bridgehead atoms. The van der Waals surface area contributed by atoms with Gasteiger partial charge in [0.15, 0.2) is 0 Å². The van der Waals surface area contributed by atoms with E-state index in [-0.39, 0.29) is 5.91 Å². The Kier molecular flexibility index (Phi) is 6.37. The maximum Gasteiger partial charge on any atom is 0.243 e. The molecule has 0 spiro atoms. The number of amides is 1. The van der Waals surface area contributed by atoms with E-state index in [1.54, 1.807) is 23.8 Å². The fourth-order valence-electron chi connectivity index (χ4n) is 6.53. The number of phenolic OH excluding ortho intramolecular Hbond substituents is 1. The molecule has 0 aliphatic heterocycles. The Morgan fingerprint density at radius 1 is 0.909 bits per heavy atom. The summed E-state index contributed by atoms with van der Waals surface area (Å²) in [5.41, 5.74) is 11.9. The standard InChI is InChI=1S/C29H34N2O2/c30-12-1-13-31-27(33)11-4-19-2-5-22(6-3-19)28(23-7-9-26(32)10-8-23)29-24-15-20-14-21(17-24)18-25(29)16-20/h2-11,20-21,24-25,32H,1,12-18,30H2,(H,31,33)/b11-4+,29-28?. The molecule has 6 rings (SSSR count). The largest absolute Gasteiger partial charge is 0.508 e. The van der Waals surface area contributed by atoms with E-state index in [1.165, 1.54) is 48.8 Å². The van der Waals surface area contributed by atoms with Gasteiger partial charge in [0.2, 0.25) is 5.91 Å². The highest BCUT2D eigenvalue weighted by molar-refractivity contribution is 5.92. The lowest BCUT2D eigenvalue weighted by Gasteiger charge is -2.52. The zero-order valence-corrected chi connectivity index (χ0v) is 19.2. The highest BCUT2D eigenvalue weighted by Crippen LogP contribution is 2.58. The average molecular weight is 443 g/mol. The number of allylic oxidation sites excluding steroid dienone is 1. The minimum Gasteiger partial charge on any atom is -0.508 e. The van der Waals surface area contributed by atoms with Crippen molar-refractivity contribution < 1.29 is 9.90 Å². The van der Waals surface area contributed by atoms with E-state index in [0.29, 0.717) is 30.7 Å². The Morgan fingerprint density at radius 2 is 1.48 bits per heavy atom. The molecule has 0 saturated heterocycles. The molecule has 4 nitrogen and oxygen atoms in total. The molecule has 1 amide bonds. The fraction of sp³-hybridized carbons (Fsp3) is 0.414. The van der Waals surface area contributed by atoms with Gasteiger partial charge in [-0.3, -0.25) is 4.79 Å². The van der Waals surface area contributed by atoms with Crippen LogP contribution in [0.15, 0.2) is 60.2 Å². The van der Waals surface area contributed by atoms with Gasteiger partial charge in [-0.2, -0.15) is 0 Å². The molecular formula is C29H34N2O2. The van der Waals surface area contributed by atoms with Gasteiger partial charge in [-0.1, -0.05) is 42.0 Å². The summed E-state index contributed by atoms with van der Waals surface area (Å²) in [7, 11) is 0. The van der Waals surface area contributed by atoms with Crippen molar-refractivity contribution >= 4 is 17.6 Å². The normalized spacial score (nSPS) is 25.5. The van der Waals surface area contributed by atoms with E-state index in [1.807, 2.05) is 6.08 Å². The number of nitrogens with two attached hydrogens (primary N) is 1. The Bertz CT molecular complexity index is 1020. The number of hydrogen-bond acceptors (Lipinski definition) is 3. The summed E-state index contributed by atoms with van der Waals surface area (Å²) in [5, 5.41) is 12.7. The predicted molar refractivity (Wildman–Crippen MR) is 133 cm³/mol.